The molecule has 0 bridgehead atoms. The van der Waals surface area contributed by atoms with Gasteiger partial charge in [-0.1, -0.05) is 56.4 Å². The van der Waals surface area contributed by atoms with Crippen molar-refractivity contribution in [1.29, 1.82) is 0 Å². The van der Waals surface area contributed by atoms with E-state index in [1.807, 2.05) is 17.0 Å². The molecule has 1 aromatic rings. The van der Waals surface area contributed by atoms with Gasteiger partial charge in [0.1, 0.15) is 0 Å². The van der Waals surface area contributed by atoms with Crippen LogP contribution >= 0.6 is 0 Å². The molecule has 0 heterocycles. The number of nitrogens with one attached hydrogen (secondary N) is 1. The molecule has 0 saturated heterocycles. The highest BCUT2D eigenvalue weighted by Crippen LogP contribution is 2.26. The summed E-state index contributed by atoms with van der Waals surface area (Å²) in [6.07, 6.45) is 8.35. The Bertz CT molecular complexity index is 582. The Kier molecular flexibility index (Phi) is 8.62. The summed E-state index contributed by atoms with van der Waals surface area (Å²) in [7, 11) is 0. The molecular formula is C21H33N3O2. The quantitative estimate of drug-likeness (QED) is 0.674. The summed E-state index contributed by atoms with van der Waals surface area (Å²) in [5.74, 6) is 0.313. The van der Waals surface area contributed by atoms with E-state index in [1.54, 1.807) is 0 Å². The maximum atomic E-state index is 12.3. The van der Waals surface area contributed by atoms with Crippen LogP contribution in [0.15, 0.2) is 24.3 Å². The van der Waals surface area contributed by atoms with Gasteiger partial charge in [0.05, 0.1) is 13.1 Å². The Morgan fingerprint density at radius 2 is 1.88 bits per heavy atom. The highest BCUT2D eigenvalue weighted by atomic mass is 16.2. The first-order valence-electron chi connectivity index (χ1n) is 9.86. The van der Waals surface area contributed by atoms with Crippen molar-refractivity contribution in [3.8, 4) is 0 Å². The number of carbonyl (C=O) groups is 2. The van der Waals surface area contributed by atoms with Crippen molar-refractivity contribution in [2.75, 3.05) is 26.2 Å². The van der Waals surface area contributed by atoms with Gasteiger partial charge in [-0.05, 0) is 43.4 Å². The average molecular weight is 360 g/mol. The number of rotatable bonds is 10. The van der Waals surface area contributed by atoms with Crippen LogP contribution in [0, 0.1) is 12.8 Å². The standard InChI is InChI=1S/C21H33N3O2/c1-17-7-5-6-10-19(17)11-13-23-21(26)16-24(15-20(22)25)14-12-18-8-3-2-4-9-18/h5-7,10,18H,2-4,8-9,11-16H2,1H3,(H2,22,25)(H,23,26). The van der Waals surface area contributed by atoms with Gasteiger partial charge < -0.3 is 11.1 Å². The number of hydrogen-bond acceptors (Lipinski definition) is 3. The summed E-state index contributed by atoms with van der Waals surface area (Å²) < 4.78 is 0. The molecule has 144 valence electrons. The van der Waals surface area contributed by atoms with E-state index in [1.165, 1.54) is 43.2 Å². The Balaban J connectivity index is 1.73. The average Bonchev–Trinajstić information content (AvgIpc) is 2.62. The Morgan fingerprint density at radius 1 is 1.15 bits per heavy atom. The van der Waals surface area contributed by atoms with Crippen molar-refractivity contribution in [1.82, 2.24) is 10.2 Å². The van der Waals surface area contributed by atoms with Crippen LogP contribution in [0.5, 0.6) is 0 Å². The summed E-state index contributed by atoms with van der Waals surface area (Å²) in [5.41, 5.74) is 7.85. The van der Waals surface area contributed by atoms with E-state index in [9.17, 15) is 9.59 Å². The van der Waals surface area contributed by atoms with Crippen LogP contribution in [0.3, 0.4) is 0 Å². The van der Waals surface area contributed by atoms with Crippen molar-refractivity contribution in [2.45, 2.75) is 51.9 Å². The fraction of sp³-hybridized carbons (Fsp3) is 0.619. The molecule has 26 heavy (non-hydrogen) atoms. The molecule has 1 aromatic carbocycles. The van der Waals surface area contributed by atoms with E-state index in [2.05, 4.69) is 24.4 Å². The van der Waals surface area contributed by atoms with Gasteiger partial charge in [-0.25, -0.2) is 0 Å². The van der Waals surface area contributed by atoms with Crippen LogP contribution in [0.25, 0.3) is 0 Å². The first-order valence-corrected chi connectivity index (χ1v) is 9.86. The van der Waals surface area contributed by atoms with Crippen molar-refractivity contribution < 1.29 is 9.59 Å². The van der Waals surface area contributed by atoms with E-state index in [0.717, 1.165) is 25.3 Å². The van der Waals surface area contributed by atoms with Crippen LogP contribution in [0.4, 0.5) is 0 Å². The van der Waals surface area contributed by atoms with Gasteiger partial charge in [-0.3, -0.25) is 14.5 Å². The van der Waals surface area contributed by atoms with E-state index in [-0.39, 0.29) is 24.9 Å². The molecule has 2 amide bonds. The number of hydrogen-bond donors (Lipinski definition) is 2. The van der Waals surface area contributed by atoms with Gasteiger partial charge in [0, 0.05) is 6.54 Å². The first kappa shape index (κ1) is 20.4. The zero-order valence-corrected chi connectivity index (χ0v) is 16.0. The Labute approximate surface area is 157 Å². The predicted molar refractivity (Wildman–Crippen MR) is 105 cm³/mol. The summed E-state index contributed by atoms with van der Waals surface area (Å²) in [5, 5.41) is 2.97. The number of benzene rings is 1. The number of primary amides is 1. The molecule has 0 unspecified atom stereocenters. The van der Waals surface area contributed by atoms with Crippen LogP contribution in [0.2, 0.25) is 0 Å². The van der Waals surface area contributed by atoms with Gasteiger partial charge >= 0.3 is 0 Å². The van der Waals surface area contributed by atoms with Crippen LogP contribution in [-0.4, -0.2) is 42.9 Å². The maximum Gasteiger partial charge on any atom is 0.234 e. The molecule has 0 spiro atoms. The highest BCUT2D eigenvalue weighted by Gasteiger charge is 2.17. The van der Waals surface area contributed by atoms with Crippen molar-refractivity contribution in [2.24, 2.45) is 11.7 Å². The fourth-order valence-corrected chi connectivity index (χ4v) is 3.76. The molecule has 1 aliphatic rings. The molecule has 0 atom stereocenters. The number of nitrogens with zero attached hydrogens (tertiary/aromatic N) is 1. The lowest BCUT2D eigenvalue weighted by Crippen LogP contribution is -2.42. The normalized spacial score (nSPS) is 15.2. The van der Waals surface area contributed by atoms with Crippen LogP contribution < -0.4 is 11.1 Å². The fourth-order valence-electron chi connectivity index (χ4n) is 3.76. The van der Waals surface area contributed by atoms with Crippen LogP contribution in [-0.2, 0) is 16.0 Å². The van der Waals surface area contributed by atoms with E-state index >= 15 is 0 Å². The third kappa shape index (κ3) is 7.56. The third-order valence-electron chi connectivity index (χ3n) is 5.30. The summed E-state index contributed by atoms with van der Waals surface area (Å²) >= 11 is 0. The lowest BCUT2D eigenvalue weighted by molar-refractivity contribution is -0.123. The molecule has 1 fully saturated rings. The zero-order valence-electron chi connectivity index (χ0n) is 16.0. The third-order valence-corrected chi connectivity index (χ3v) is 5.30. The smallest absolute Gasteiger partial charge is 0.234 e. The molecule has 0 aliphatic heterocycles. The van der Waals surface area contributed by atoms with Crippen molar-refractivity contribution in [3.05, 3.63) is 35.4 Å². The molecule has 5 heteroatoms. The van der Waals surface area contributed by atoms with Gasteiger partial charge in [-0.2, -0.15) is 0 Å². The molecule has 1 saturated carbocycles. The molecular weight excluding hydrogens is 326 g/mol. The Morgan fingerprint density at radius 3 is 2.58 bits per heavy atom. The minimum absolute atomic E-state index is 0.0384. The second-order valence-corrected chi connectivity index (χ2v) is 7.50. The second-order valence-electron chi connectivity index (χ2n) is 7.50. The minimum Gasteiger partial charge on any atom is -0.369 e. The molecule has 3 N–H and O–H groups in total. The summed E-state index contributed by atoms with van der Waals surface area (Å²) in [4.78, 5) is 25.5. The molecule has 1 aliphatic carbocycles. The molecule has 2 rings (SSSR count). The number of nitrogens with two attached hydrogens (primary N) is 1. The summed E-state index contributed by atoms with van der Waals surface area (Å²) in [6.45, 7) is 3.84. The summed E-state index contributed by atoms with van der Waals surface area (Å²) in [6, 6.07) is 8.21. The van der Waals surface area contributed by atoms with E-state index in [0.29, 0.717) is 6.54 Å². The van der Waals surface area contributed by atoms with Crippen LogP contribution in [0.1, 0.15) is 49.7 Å². The predicted octanol–water partition coefficient (Wildman–Crippen LogP) is 2.41. The highest BCUT2D eigenvalue weighted by molar-refractivity contribution is 5.80. The maximum absolute atomic E-state index is 12.3. The largest absolute Gasteiger partial charge is 0.369 e. The zero-order chi connectivity index (χ0) is 18.8. The van der Waals surface area contributed by atoms with Crippen molar-refractivity contribution >= 4 is 11.8 Å². The number of aryl methyl sites for hydroxylation is 1. The van der Waals surface area contributed by atoms with E-state index < -0.39 is 0 Å². The SMILES string of the molecule is Cc1ccccc1CCNC(=O)CN(CCC1CCCCC1)CC(N)=O. The van der Waals surface area contributed by atoms with Gasteiger partial charge in [0.25, 0.3) is 0 Å². The molecule has 5 nitrogen and oxygen atoms in total. The lowest BCUT2D eigenvalue weighted by atomic mass is 9.87. The molecule has 0 radical (unpaired) electrons. The molecule has 0 aromatic heterocycles. The lowest BCUT2D eigenvalue weighted by Gasteiger charge is -2.26. The van der Waals surface area contributed by atoms with Gasteiger partial charge in [-0.15, -0.1) is 0 Å². The van der Waals surface area contributed by atoms with Crippen molar-refractivity contribution in [3.63, 3.8) is 0 Å². The number of carbonyl (C=O) groups excluding carboxylic acids is 2. The van der Waals surface area contributed by atoms with E-state index in [4.69, 9.17) is 5.73 Å². The monoisotopic (exact) mass is 359 g/mol. The topological polar surface area (TPSA) is 75.4 Å². The minimum atomic E-state index is -0.374. The van der Waals surface area contributed by atoms with Gasteiger partial charge in [0.15, 0.2) is 0 Å². The Hall–Kier alpha value is -1.88. The first-order chi connectivity index (χ1) is 12.5. The van der Waals surface area contributed by atoms with Gasteiger partial charge in [0.2, 0.25) is 11.8 Å². The second kappa shape index (κ2) is 11.0. The number of amides is 2.